The number of urea groups is 1. The van der Waals surface area contributed by atoms with E-state index in [1.807, 2.05) is 24.3 Å². The van der Waals surface area contributed by atoms with Crippen LogP contribution in [0.25, 0.3) is 0 Å². The maximum atomic E-state index is 12.2. The molecule has 7 heteroatoms. The minimum atomic E-state index is -0.432. The van der Waals surface area contributed by atoms with Crippen LogP contribution in [0, 0.1) is 0 Å². The van der Waals surface area contributed by atoms with Crippen molar-refractivity contribution in [3.8, 4) is 0 Å². The van der Waals surface area contributed by atoms with Crippen LogP contribution in [0.2, 0.25) is 0 Å². The summed E-state index contributed by atoms with van der Waals surface area (Å²) >= 11 is 0. The smallest absolute Gasteiger partial charge is 0.327 e. The summed E-state index contributed by atoms with van der Waals surface area (Å²) in [5.74, 6) is -0.717. The lowest BCUT2D eigenvalue weighted by Gasteiger charge is -2.23. The molecule has 3 rings (SSSR count). The molecule has 0 radical (unpaired) electrons. The lowest BCUT2D eigenvalue weighted by Crippen LogP contribution is -2.38. The van der Waals surface area contributed by atoms with Gasteiger partial charge < -0.3 is 15.1 Å². The van der Waals surface area contributed by atoms with Crippen LogP contribution in [0.15, 0.2) is 24.3 Å². The Balaban J connectivity index is 1.62. The Labute approximate surface area is 147 Å². The summed E-state index contributed by atoms with van der Waals surface area (Å²) in [6.07, 6.45) is 4.89. The third-order valence-electron chi connectivity index (χ3n) is 4.63. The number of rotatable bonds is 4. The van der Waals surface area contributed by atoms with Crippen molar-refractivity contribution in [2.45, 2.75) is 25.7 Å². The molecule has 134 valence electrons. The molecular formula is C18H24N4O3. The van der Waals surface area contributed by atoms with E-state index in [0.717, 1.165) is 23.7 Å². The average molecular weight is 344 g/mol. The van der Waals surface area contributed by atoms with E-state index in [1.54, 1.807) is 7.05 Å². The molecule has 7 nitrogen and oxygen atoms in total. The van der Waals surface area contributed by atoms with Crippen LogP contribution in [0.1, 0.15) is 25.7 Å². The fourth-order valence-electron chi connectivity index (χ4n) is 3.28. The van der Waals surface area contributed by atoms with Crippen LogP contribution in [0.4, 0.5) is 16.2 Å². The number of likely N-dealkylation sites (N-methyl/N-ethyl adjacent to an activating group) is 1. The molecule has 0 aliphatic carbocycles. The maximum Gasteiger partial charge on any atom is 0.327 e. The van der Waals surface area contributed by atoms with Gasteiger partial charge in [-0.25, -0.2) is 4.79 Å². The van der Waals surface area contributed by atoms with E-state index in [2.05, 4.69) is 10.2 Å². The highest BCUT2D eigenvalue weighted by molar-refractivity contribution is 6.06. The third kappa shape index (κ3) is 4.10. The topological polar surface area (TPSA) is 73.0 Å². The molecule has 1 N–H and O–H groups in total. The Morgan fingerprint density at radius 3 is 2.48 bits per heavy atom. The number of carbonyl (C=O) groups is 3. The molecule has 0 atom stereocenters. The van der Waals surface area contributed by atoms with Crippen molar-refractivity contribution in [2.75, 3.05) is 43.4 Å². The lowest BCUT2D eigenvalue weighted by atomic mass is 10.2. The van der Waals surface area contributed by atoms with Crippen molar-refractivity contribution >= 4 is 29.2 Å². The largest absolute Gasteiger partial charge is 0.371 e. The second-order valence-corrected chi connectivity index (χ2v) is 6.62. The lowest BCUT2D eigenvalue weighted by molar-refractivity contribution is -0.129. The molecule has 2 aliphatic heterocycles. The standard InChI is InChI=1S/C18H24N4O3/c1-20-13-17(24)22(18(20)25)12-16(23)19-14-7-6-8-15(11-14)21-9-4-2-3-5-10-21/h6-8,11H,2-5,9-10,12-13H2,1H3,(H,19,23). The number of carbonyl (C=O) groups excluding carboxylic acids is 3. The van der Waals surface area contributed by atoms with Crippen molar-refractivity contribution in [1.82, 2.24) is 9.80 Å². The monoisotopic (exact) mass is 344 g/mol. The summed E-state index contributed by atoms with van der Waals surface area (Å²) < 4.78 is 0. The number of benzene rings is 1. The summed E-state index contributed by atoms with van der Waals surface area (Å²) in [5.41, 5.74) is 1.77. The summed E-state index contributed by atoms with van der Waals surface area (Å²) in [5, 5.41) is 2.79. The zero-order chi connectivity index (χ0) is 17.8. The van der Waals surface area contributed by atoms with E-state index in [-0.39, 0.29) is 24.9 Å². The molecule has 2 saturated heterocycles. The molecule has 2 aliphatic rings. The minimum absolute atomic E-state index is 0.0244. The van der Waals surface area contributed by atoms with Gasteiger partial charge in [0.15, 0.2) is 0 Å². The van der Waals surface area contributed by atoms with Crippen molar-refractivity contribution in [3.63, 3.8) is 0 Å². The van der Waals surface area contributed by atoms with E-state index in [9.17, 15) is 14.4 Å². The van der Waals surface area contributed by atoms with Crippen molar-refractivity contribution in [3.05, 3.63) is 24.3 Å². The summed E-state index contributed by atoms with van der Waals surface area (Å²) in [6.45, 7) is 1.83. The molecule has 0 saturated carbocycles. The van der Waals surface area contributed by atoms with Gasteiger partial charge in [-0.05, 0) is 31.0 Å². The Morgan fingerprint density at radius 1 is 1.12 bits per heavy atom. The second kappa shape index (κ2) is 7.55. The summed E-state index contributed by atoms with van der Waals surface area (Å²) in [4.78, 5) is 40.4. The van der Waals surface area contributed by atoms with Gasteiger partial charge in [-0.15, -0.1) is 0 Å². The Morgan fingerprint density at radius 2 is 1.84 bits per heavy atom. The predicted molar refractivity (Wildman–Crippen MR) is 95.5 cm³/mol. The van der Waals surface area contributed by atoms with Crippen molar-refractivity contribution in [1.29, 1.82) is 0 Å². The van der Waals surface area contributed by atoms with Crippen LogP contribution in [-0.2, 0) is 9.59 Å². The Kier molecular flexibility index (Phi) is 5.21. The maximum absolute atomic E-state index is 12.2. The molecule has 2 heterocycles. The number of hydrogen-bond acceptors (Lipinski definition) is 4. The fraction of sp³-hybridized carbons (Fsp3) is 0.500. The zero-order valence-electron chi connectivity index (χ0n) is 14.5. The third-order valence-corrected chi connectivity index (χ3v) is 4.63. The molecule has 0 spiro atoms. The first kappa shape index (κ1) is 17.3. The minimum Gasteiger partial charge on any atom is -0.371 e. The average Bonchev–Trinajstić information content (AvgIpc) is 2.81. The number of nitrogens with one attached hydrogen (secondary N) is 1. The van der Waals surface area contributed by atoms with Crippen molar-refractivity contribution in [2.24, 2.45) is 0 Å². The van der Waals surface area contributed by atoms with Gasteiger partial charge in [-0.2, -0.15) is 0 Å². The normalized spacial score (nSPS) is 18.5. The van der Waals surface area contributed by atoms with E-state index in [0.29, 0.717) is 5.69 Å². The first-order valence-corrected chi connectivity index (χ1v) is 8.75. The number of amides is 4. The van der Waals surface area contributed by atoms with Crippen LogP contribution in [0.5, 0.6) is 0 Å². The van der Waals surface area contributed by atoms with Gasteiger partial charge >= 0.3 is 6.03 Å². The number of anilines is 2. The predicted octanol–water partition coefficient (Wildman–Crippen LogP) is 1.90. The first-order valence-electron chi connectivity index (χ1n) is 8.75. The van der Waals surface area contributed by atoms with Gasteiger partial charge in [0.2, 0.25) is 5.91 Å². The number of hydrogen-bond donors (Lipinski definition) is 1. The molecule has 2 fully saturated rings. The van der Waals surface area contributed by atoms with E-state index >= 15 is 0 Å². The van der Waals surface area contributed by atoms with E-state index in [4.69, 9.17) is 0 Å². The highest BCUT2D eigenvalue weighted by Crippen LogP contribution is 2.23. The van der Waals surface area contributed by atoms with Gasteiger partial charge in [-0.1, -0.05) is 18.9 Å². The molecule has 0 unspecified atom stereocenters. The van der Waals surface area contributed by atoms with Crippen LogP contribution < -0.4 is 10.2 Å². The highest BCUT2D eigenvalue weighted by atomic mass is 16.2. The van der Waals surface area contributed by atoms with Gasteiger partial charge in [0, 0.05) is 31.5 Å². The molecule has 1 aromatic rings. The quantitative estimate of drug-likeness (QED) is 0.847. The molecule has 0 bridgehead atoms. The summed E-state index contributed by atoms with van der Waals surface area (Å²) in [7, 11) is 1.54. The molecular weight excluding hydrogens is 320 g/mol. The fourth-order valence-corrected chi connectivity index (χ4v) is 3.28. The SMILES string of the molecule is CN1CC(=O)N(CC(=O)Nc2cccc(N3CCCCCC3)c2)C1=O. The van der Waals surface area contributed by atoms with Crippen LogP contribution >= 0.6 is 0 Å². The molecule has 25 heavy (non-hydrogen) atoms. The highest BCUT2D eigenvalue weighted by Gasteiger charge is 2.34. The zero-order valence-corrected chi connectivity index (χ0v) is 14.5. The summed E-state index contributed by atoms with van der Waals surface area (Å²) in [6, 6.07) is 7.29. The Hall–Kier alpha value is -2.57. The van der Waals surface area contributed by atoms with Gasteiger partial charge in [0.1, 0.15) is 13.1 Å². The molecule has 0 aromatic heterocycles. The van der Waals surface area contributed by atoms with Crippen molar-refractivity contribution < 1.29 is 14.4 Å². The van der Waals surface area contributed by atoms with Crippen LogP contribution in [0.3, 0.4) is 0 Å². The van der Waals surface area contributed by atoms with Gasteiger partial charge in [0.25, 0.3) is 5.91 Å². The first-order chi connectivity index (χ1) is 12.0. The van der Waals surface area contributed by atoms with Gasteiger partial charge in [-0.3, -0.25) is 14.5 Å². The van der Waals surface area contributed by atoms with Gasteiger partial charge in [0.05, 0.1) is 0 Å². The van der Waals surface area contributed by atoms with E-state index < -0.39 is 6.03 Å². The second-order valence-electron chi connectivity index (χ2n) is 6.62. The molecule has 1 aromatic carbocycles. The number of imide groups is 1. The number of nitrogens with zero attached hydrogens (tertiary/aromatic N) is 3. The van der Waals surface area contributed by atoms with E-state index in [1.165, 1.54) is 30.6 Å². The van der Waals surface area contributed by atoms with Crippen LogP contribution in [-0.4, -0.2) is 60.9 Å². The Bertz CT molecular complexity index is 668. The molecule has 4 amide bonds.